The molecule has 0 saturated heterocycles. The van der Waals surface area contributed by atoms with Crippen LogP contribution in [0.2, 0.25) is 0 Å². The van der Waals surface area contributed by atoms with E-state index >= 15 is 0 Å². The molecule has 0 aromatic carbocycles. The fourth-order valence-electron chi connectivity index (χ4n) is 2.20. The van der Waals surface area contributed by atoms with Gasteiger partial charge in [0.2, 0.25) is 6.41 Å². The number of allylic oxidation sites excluding steroid dienone is 2. The Labute approximate surface area is 108 Å². The van der Waals surface area contributed by atoms with Crippen LogP contribution in [-0.4, -0.2) is 25.0 Å². The lowest BCUT2D eigenvalue weighted by Gasteiger charge is -2.29. The van der Waals surface area contributed by atoms with Crippen LogP contribution in [-0.2, 0) is 14.3 Å². The number of amides is 1. The fourth-order valence-corrected chi connectivity index (χ4v) is 2.20. The molecule has 0 bridgehead atoms. The van der Waals surface area contributed by atoms with Gasteiger partial charge in [-0.2, -0.15) is 0 Å². The summed E-state index contributed by atoms with van der Waals surface area (Å²) in [6, 6.07) is -0.0686. The molecule has 0 heterocycles. The molecule has 4 heteroatoms. The summed E-state index contributed by atoms with van der Waals surface area (Å²) in [6.07, 6.45) is 10.6. The minimum absolute atomic E-state index is 0.0686. The number of esters is 1. The quantitative estimate of drug-likeness (QED) is 0.427. The second-order valence-corrected chi connectivity index (χ2v) is 4.41. The van der Waals surface area contributed by atoms with Crippen molar-refractivity contribution in [3.8, 4) is 0 Å². The molecule has 1 rings (SSSR count). The van der Waals surface area contributed by atoms with Gasteiger partial charge >= 0.3 is 5.97 Å². The van der Waals surface area contributed by atoms with Crippen LogP contribution in [0.25, 0.3) is 0 Å². The first-order valence-corrected chi connectivity index (χ1v) is 6.41. The zero-order chi connectivity index (χ0) is 13.2. The van der Waals surface area contributed by atoms with E-state index in [4.69, 9.17) is 4.74 Å². The van der Waals surface area contributed by atoms with Gasteiger partial charge in [-0.15, -0.1) is 6.58 Å². The van der Waals surface area contributed by atoms with Crippen LogP contribution < -0.4 is 5.32 Å². The third-order valence-corrected chi connectivity index (χ3v) is 3.14. The molecule has 18 heavy (non-hydrogen) atoms. The van der Waals surface area contributed by atoms with E-state index < -0.39 is 0 Å². The van der Waals surface area contributed by atoms with Crippen molar-refractivity contribution in [2.24, 2.45) is 5.92 Å². The summed E-state index contributed by atoms with van der Waals surface area (Å²) in [5.41, 5.74) is 0. The van der Waals surface area contributed by atoms with E-state index in [1.54, 1.807) is 6.08 Å². The average Bonchev–Trinajstić information content (AvgIpc) is 2.39. The Bertz CT molecular complexity index is 312. The molecule has 0 spiro atoms. The Morgan fingerprint density at radius 1 is 1.33 bits per heavy atom. The number of hydrogen-bond acceptors (Lipinski definition) is 3. The molecule has 1 fully saturated rings. The third kappa shape index (κ3) is 4.73. The molecular weight excluding hydrogens is 230 g/mol. The maximum atomic E-state index is 11.9. The van der Waals surface area contributed by atoms with E-state index in [-0.39, 0.29) is 24.5 Å². The highest BCUT2D eigenvalue weighted by Gasteiger charge is 2.31. The Hall–Kier alpha value is -1.58. The first-order chi connectivity index (χ1) is 8.79. The summed E-state index contributed by atoms with van der Waals surface area (Å²) in [5, 5.41) is 2.71. The number of carbonyl (C=O) groups is 2. The largest absolute Gasteiger partial charge is 0.461 e. The van der Waals surface area contributed by atoms with Crippen LogP contribution >= 0.6 is 0 Å². The van der Waals surface area contributed by atoms with Crippen molar-refractivity contribution in [1.82, 2.24) is 5.32 Å². The van der Waals surface area contributed by atoms with E-state index in [2.05, 4.69) is 11.9 Å². The molecule has 2 atom stereocenters. The fraction of sp³-hybridized carbons (Fsp3) is 0.571. The molecule has 100 valence electrons. The SMILES string of the molecule is C=CC/C=C/COC(=O)C1CCCCC1NC=O. The Morgan fingerprint density at radius 2 is 2.11 bits per heavy atom. The summed E-state index contributed by atoms with van der Waals surface area (Å²) in [7, 11) is 0. The monoisotopic (exact) mass is 251 g/mol. The maximum absolute atomic E-state index is 11.9. The van der Waals surface area contributed by atoms with Gasteiger partial charge in [-0.1, -0.05) is 31.1 Å². The molecule has 1 N–H and O–H groups in total. The lowest BCUT2D eigenvalue weighted by Crippen LogP contribution is -2.42. The second-order valence-electron chi connectivity index (χ2n) is 4.41. The minimum atomic E-state index is -0.211. The van der Waals surface area contributed by atoms with Gasteiger partial charge in [0, 0.05) is 6.04 Å². The van der Waals surface area contributed by atoms with E-state index in [0.29, 0.717) is 6.41 Å². The molecule has 1 aliphatic rings. The number of rotatable bonds is 7. The van der Waals surface area contributed by atoms with E-state index in [9.17, 15) is 9.59 Å². The van der Waals surface area contributed by atoms with E-state index in [1.165, 1.54) is 0 Å². The standard InChI is InChI=1S/C14H21NO3/c1-2-3-4-7-10-18-14(17)12-8-5-6-9-13(12)15-11-16/h2,4,7,11-13H,1,3,5-6,8-10H2,(H,15,16)/b7-4+. The molecule has 1 aliphatic carbocycles. The lowest BCUT2D eigenvalue weighted by molar-refractivity contribution is -0.149. The highest BCUT2D eigenvalue weighted by atomic mass is 16.5. The first kappa shape index (κ1) is 14.5. The van der Waals surface area contributed by atoms with Crippen LogP contribution in [0.1, 0.15) is 32.1 Å². The van der Waals surface area contributed by atoms with Gasteiger partial charge in [-0.25, -0.2) is 0 Å². The molecule has 2 unspecified atom stereocenters. The maximum Gasteiger partial charge on any atom is 0.311 e. The minimum Gasteiger partial charge on any atom is -0.461 e. The normalized spacial score (nSPS) is 23.6. The summed E-state index contributed by atoms with van der Waals surface area (Å²) in [5.74, 6) is -0.408. The Balaban J connectivity index is 2.37. The van der Waals surface area contributed by atoms with E-state index in [0.717, 1.165) is 32.1 Å². The number of carbonyl (C=O) groups excluding carboxylic acids is 2. The number of hydrogen-bond donors (Lipinski definition) is 1. The number of ether oxygens (including phenoxy) is 1. The topological polar surface area (TPSA) is 55.4 Å². The van der Waals surface area contributed by atoms with Gasteiger partial charge < -0.3 is 10.1 Å². The van der Waals surface area contributed by atoms with Crippen molar-refractivity contribution in [1.29, 1.82) is 0 Å². The molecule has 0 radical (unpaired) electrons. The second kappa shape index (κ2) is 8.50. The summed E-state index contributed by atoms with van der Waals surface area (Å²) in [6.45, 7) is 3.89. The van der Waals surface area contributed by atoms with Gasteiger partial charge in [0.05, 0.1) is 5.92 Å². The zero-order valence-electron chi connectivity index (χ0n) is 10.6. The van der Waals surface area contributed by atoms with Crippen LogP contribution in [0.3, 0.4) is 0 Å². The lowest BCUT2D eigenvalue weighted by atomic mass is 9.84. The smallest absolute Gasteiger partial charge is 0.311 e. The molecule has 0 aromatic rings. The third-order valence-electron chi connectivity index (χ3n) is 3.14. The first-order valence-electron chi connectivity index (χ1n) is 6.41. The van der Waals surface area contributed by atoms with E-state index in [1.807, 2.05) is 12.2 Å². The highest BCUT2D eigenvalue weighted by molar-refractivity contribution is 5.74. The molecule has 4 nitrogen and oxygen atoms in total. The zero-order valence-corrected chi connectivity index (χ0v) is 10.6. The van der Waals surface area contributed by atoms with Crippen molar-refractivity contribution in [2.75, 3.05) is 6.61 Å². The highest BCUT2D eigenvalue weighted by Crippen LogP contribution is 2.25. The Kier molecular flexibility index (Phi) is 6.84. The van der Waals surface area contributed by atoms with Crippen LogP contribution in [0.4, 0.5) is 0 Å². The van der Waals surface area contributed by atoms with Crippen molar-refractivity contribution in [3.63, 3.8) is 0 Å². The van der Waals surface area contributed by atoms with Gasteiger partial charge in [0.1, 0.15) is 6.61 Å². The van der Waals surface area contributed by atoms with Gasteiger partial charge in [-0.3, -0.25) is 9.59 Å². The summed E-state index contributed by atoms with van der Waals surface area (Å²) in [4.78, 5) is 22.4. The molecular formula is C14H21NO3. The molecule has 1 saturated carbocycles. The summed E-state index contributed by atoms with van der Waals surface area (Å²) < 4.78 is 5.19. The Morgan fingerprint density at radius 3 is 2.83 bits per heavy atom. The predicted molar refractivity (Wildman–Crippen MR) is 69.9 cm³/mol. The van der Waals surface area contributed by atoms with Crippen molar-refractivity contribution in [2.45, 2.75) is 38.1 Å². The van der Waals surface area contributed by atoms with Crippen LogP contribution in [0.15, 0.2) is 24.8 Å². The van der Waals surface area contributed by atoms with Crippen LogP contribution in [0.5, 0.6) is 0 Å². The van der Waals surface area contributed by atoms with Crippen molar-refractivity contribution < 1.29 is 14.3 Å². The molecule has 0 aliphatic heterocycles. The summed E-state index contributed by atoms with van der Waals surface area (Å²) >= 11 is 0. The van der Waals surface area contributed by atoms with Gasteiger partial charge in [0.25, 0.3) is 0 Å². The van der Waals surface area contributed by atoms with Gasteiger partial charge in [0.15, 0.2) is 0 Å². The predicted octanol–water partition coefficient (Wildman–Crippen LogP) is 1.97. The van der Waals surface area contributed by atoms with Gasteiger partial charge in [-0.05, 0) is 19.3 Å². The van der Waals surface area contributed by atoms with Crippen molar-refractivity contribution >= 4 is 12.4 Å². The average molecular weight is 251 g/mol. The number of nitrogens with one attached hydrogen (secondary N) is 1. The van der Waals surface area contributed by atoms with Crippen molar-refractivity contribution in [3.05, 3.63) is 24.8 Å². The molecule has 1 amide bonds. The molecule has 0 aromatic heterocycles. The van der Waals surface area contributed by atoms with Crippen LogP contribution in [0, 0.1) is 5.92 Å².